The lowest BCUT2D eigenvalue weighted by molar-refractivity contribution is 0.311. The summed E-state index contributed by atoms with van der Waals surface area (Å²) in [7, 11) is 2.14. The van der Waals surface area contributed by atoms with Crippen molar-refractivity contribution in [1.29, 1.82) is 0 Å². The Hall–Kier alpha value is -2.81. The molecule has 5 rings (SSSR count). The molecule has 3 aliphatic heterocycles. The Morgan fingerprint density at radius 3 is 2.96 bits per heavy atom. The van der Waals surface area contributed by atoms with Gasteiger partial charge in [-0.25, -0.2) is 9.97 Å². The molecule has 25 heavy (non-hydrogen) atoms. The molecule has 2 aromatic heterocycles. The van der Waals surface area contributed by atoms with Crippen molar-refractivity contribution in [3.05, 3.63) is 36.3 Å². The maximum Gasteiger partial charge on any atom is 0.225 e. The van der Waals surface area contributed by atoms with Crippen LogP contribution >= 0.6 is 0 Å². The van der Waals surface area contributed by atoms with Crippen LogP contribution in [0.25, 0.3) is 5.57 Å². The van der Waals surface area contributed by atoms with E-state index in [1.54, 1.807) is 12.5 Å². The van der Waals surface area contributed by atoms with E-state index in [0.717, 1.165) is 49.2 Å². The predicted molar refractivity (Wildman–Crippen MR) is 93.3 cm³/mol. The van der Waals surface area contributed by atoms with Gasteiger partial charge >= 0.3 is 0 Å². The first kappa shape index (κ1) is 14.5. The molecule has 2 aromatic rings. The molecule has 0 radical (unpaired) electrons. The zero-order valence-corrected chi connectivity index (χ0v) is 13.9. The maximum atomic E-state index is 4.83. The Morgan fingerprint density at radius 1 is 1.20 bits per heavy atom. The summed E-state index contributed by atoms with van der Waals surface area (Å²) in [6, 6.07) is 1.97. The molecule has 0 bridgehead atoms. The number of likely N-dealkylation sites (N-methyl/N-ethyl adjacent to an activating group) is 1. The van der Waals surface area contributed by atoms with Gasteiger partial charge in [-0.05, 0) is 13.1 Å². The number of nitrogens with one attached hydrogen (secondary N) is 1. The first-order chi connectivity index (χ1) is 12.3. The molecule has 1 fully saturated rings. The average Bonchev–Trinajstić information content (AvgIpc) is 3.28. The van der Waals surface area contributed by atoms with Gasteiger partial charge in [-0.2, -0.15) is 0 Å². The van der Waals surface area contributed by atoms with E-state index in [-0.39, 0.29) is 12.2 Å². The van der Waals surface area contributed by atoms with E-state index < -0.39 is 0 Å². The summed E-state index contributed by atoms with van der Waals surface area (Å²) in [5.41, 5.74) is 2.00. The number of anilines is 1. The molecule has 2 atom stereocenters. The van der Waals surface area contributed by atoms with Crippen LogP contribution in [0.2, 0.25) is 0 Å². The fourth-order valence-electron chi connectivity index (χ4n) is 3.55. The smallest absolute Gasteiger partial charge is 0.225 e. The summed E-state index contributed by atoms with van der Waals surface area (Å²) >= 11 is 0. The number of nitrogens with zero attached hydrogens (tertiary/aromatic N) is 8. The van der Waals surface area contributed by atoms with Gasteiger partial charge in [-0.3, -0.25) is 4.99 Å². The summed E-state index contributed by atoms with van der Waals surface area (Å²) in [5, 5.41) is 11.4. The molecule has 9 nitrogen and oxygen atoms in total. The SMILES string of the molecule is CN1CCN(c2nccc(C3=CNC4N=Cc5nncn5C34)n2)CC1. The topological polar surface area (TPSA) is 87.4 Å². The van der Waals surface area contributed by atoms with E-state index in [1.165, 1.54) is 0 Å². The molecule has 3 aliphatic rings. The monoisotopic (exact) mass is 337 g/mol. The largest absolute Gasteiger partial charge is 0.367 e. The zero-order valence-electron chi connectivity index (χ0n) is 13.9. The van der Waals surface area contributed by atoms with E-state index in [4.69, 9.17) is 4.98 Å². The molecular weight excluding hydrogens is 318 g/mol. The summed E-state index contributed by atoms with van der Waals surface area (Å²) in [6.07, 6.45) is 7.30. The number of aromatic nitrogens is 5. The third-order valence-corrected chi connectivity index (χ3v) is 5.00. The normalized spacial score (nSPS) is 25.3. The molecule has 1 N–H and O–H groups in total. The van der Waals surface area contributed by atoms with Crippen LogP contribution in [0.1, 0.15) is 17.6 Å². The summed E-state index contributed by atoms with van der Waals surface area (Å²) in [4.78, 5) is 18.4. The Bertz CT molecular complexity index is 847. The molecule has 2 unspecified atom stereocenters. The van der Waals surface area contributed by atoms with Crippen LogP contribution < -0.4 is 10.2 Å². The van der Waals surface area contributed by atoms with E-state index in [9.17, 15) is 0 Å². The van der Waals surface area contributed by atoms with Gasteiger partial charge in [0.2, 0.25) is 5.95 Å². The fraction of sp³-hybridized carbons (Fsp3) is 0.438. The van der Waals surface area contributed by atoms with Crippen LogP contribution in [-0.2, 0) is 0 Å². The highest BCUT2D eigenvalue weighted by Crippen LogP contribution is 2.36. The summed E-state index contributed by atoms with van der Waals surface area (Å²) in [6.45, 7) is 3.95. The Morgan fingerprint density at radius 2 is 2.08 bits per heavy atom. The first-order valence-corrected chi connectivity index (χ1v) is 8.45. The lowest BCUT2D eigenvalue weighted by Gasteiger charge is -2.32. The molecule has 9 heteroatoms. The standard InChI is InChI=1S/C16H19N9/c1-23-4-6-24(7-5-23)16-17-3-2-12(21-16)11-8-18-15-14(11)25-10-20-22-13(25)9-19-15/h2-3,8-10,14-15,18H,4-7H2,1H3. The predicted octanol–water partition coefficient (Wildman–Crippen LogP) is -0.236. The summed E-state index contributed by atoms with van der Waals surface area (Å²) < 4.78 is 2.04. The minimum Gasteiger partial charge on any atom is -0.367 e. The second-order valence-electron chi connectivity index (χ2n) is 6.56. The molecule has 0 saturated carbocycles. The number of rotatable bonds is 2. The number of piperazine rings is 1. The molecule has 0 aliphatic carbocycles. The minimum absolute atomic E-state index is 0.0187. The highest BCUT2D eigenvalue weighted by Gasteiger charge is 2.36. The van der Waals surface area contributed by atoms with E-state index in [0.29, 0.717) is 0 Å². The molecular formula is C16H19N9. The van der Waals surface area contributed by atoms with Gasteiger partial charge in [0.05, 0.1) is 11.9 Å². The van der Waals surface area contributed by atoms with Crippen LogP contribution in [-0.4, -0.2) is 75.2 Å². The van der Waals surface area contributed by atoms with Crippen molar-refractivity contribution >= 4 is 17.7 Å². The molecule has 5 heterocycles. The van der Waals surface area contributed by atoms with E-state index in [1.807, 2.05) is 23.0 Å². The lowest BCUT2D eigenvalue weighted by Crippen LogP contribution is -2.45. The van der Waals surface area contributed by atoms with Gasteiger partial charge in [0, 0.05) is 44.1 Å². The molecule has 0 aromatic carbocycles. The van der Waals surface area contributed by atoms with Gasteiger partial charge in [-0.1, -0.05) is 0 Å². The van der Waals surface area contributed by atoms with Gasteiger partial charge in [0.25, 0.3) is 0 Å². The molecule has 128 valence electrons. The van der Waals surface area contributed by atoms with Crippen molar-refractivity contribution in [3.63, 3.8) is 0 Å². The van der Waals surface area contributed by atoms with Crippen LogP contribution in [0.15, 0.2) is 29.8 Å². The third-order valence-electron chi connectivity index (χ3n) is 5.00. The molecule has 0 spiro atoms. The Balaban J connectivity index is 1.46. The van der Waals surface area contributed by atoms with Crippen molar-refractivity contribution in [2.45, 2.75) is 12.2 Å². The second kappa shape index (κ2) is 5.62. The van der Waals surface area contributed by atoms with Crippen molar-refractivity contribution in [2.24, 2.45) is 4.99 Å². The van der Waals surface area contributed by atoms with Gasteiger partial charge in [0.15, 0.2) is 5.82 Å². The molecule has 1 saturated heterocycles. The van der Waals surface area contributed by atoms with Crippen LogP contribution in [0.3, 0.4) is 0 Å². The number of aliphatic imine (C=N–C) groups is 1. The van der Waals surface area contributed by atoms with Gasteiger partial charge < -0.3 is 19.7 Å². The van der Waals surface area contributed by atoms with Crippen LogP contribution in [0.5, 0.6) is 0 Å². The van der Waals surface area contributed by atoms with Crippen molar-refractivity contribution in [2.75, 3.05) is 38.1 Å². The zero-order chi connectivity index (χ0) is 16.8. The van der Waals surface area contributed by atoms with Crippen molar-refractivity contribution in [3.8, 4) is 0 Å². The Kier molecular flexibility index (Phi) is 3.27. The van der Waals surface area contributed by atoms with Crippen molar-refractivity contribution in [1.82, 2.24) is 34.9 Å². The first-order valence-electron chi connectivity index (χ1n) is 8.45. The van der Waals surface area contributed by atoms with Gasteiger partial charge in [-0.15, -0.1) is 10.2 Å². The fourth-order valence-corrected chi connectivity index (χ4v) is 3.55. The lowest BCUT2D eigenvalue weighted by atomic mass is 10.0. The average molecular weight is 337 g/mol. The Labute approximate surface area is 145 Å². The minimum atomic E-state index is -0.0412. The second-order valence-corrected chi connectivity index (χ2v) is 6.56. The van der Waals surface area contributed by atoms with Crippen LogP contribution in [0, 0.1) is 0 Å². The van der Waals surface area contributed by atoms with Gasteiger partial charge in [0.1, 0.15) is 18.5 Å². The van der Waals surface area contributed by atoms with Crippen molar-refractivity contribution < 1.29 is 0 Å². The summed E-state index contributed by atoms with van der Waals surface area (Å²) in [5.74, 6) is 1.56. The molecule has 0 amide bonds. The number of hydrogen-bond acceptors (Lipinski definition) is 8. The number of fused-ring (bicyclic) bond motifs is 3. The third kappa shape index (κ3) is 2.39. The van der Waals surface area contributed by atoms with Crippen LogP contribution in [0.4, 0.5) is 5.95 Å². The number of hydrogen-bond donors (Lipinski definition) is 1. The highest BCUT2D eigenvalue weighted by molar-refractivity contribution is 5.79. The van der Waals surface area contributed by atoms with E-state index in [2.05, 4.69) is 42.3 Å². The highest BCUT2D eigenvalue weighted by atomic mass is 15.3. The maximum absolute atomic E-state index is 4.83. The van der Waals surface area contributed by atoms with E-state index >= 15 is 0 Å². The quantitative estimate of drug-likeness (QED) is 0.809.